The maximum Gasteiger partial charge on any atom is 0.472 e. The fourth-order valence-electron chi connectivity index (χ4n) is 9.58. The lowest BCUT2D eigenvalue weighted by Gasteiger charge is -2.21. The summed E-state index contributed by atoms with van der Waals surface area (Å²) in [6.07, 6.45) is 42.2. The van der Waals surface area contributed by atoms with Crippen molar-refractivity contribution < 1.29 is 80.2 Å². The number of aliphatic hydroxyl groups excluding tert-OH is 1. The van der Waals surface area contributed by atoms with Gasteiger partial charge in [-0.05, 0) is 31.6 Å². The summed E-state index contributed by atoms with van der Waals surface area (Å²) >= 11 is 0. The number of rotatable bonds is 64. The average molecular weight is 1230 g/mol. The van der Waals surface area contributed by atoms with Crippen LogP contribution in [0.5, 0.6) is 0 Å². The van der Waals surface area contributed by atoms with E-state index in [1.54, 1.807) is 0 Å². The van der Waals surface area contributed by atoms with E-state index in [1.165, 1.54) is 128 Å². The maximum absolute atomic E-state index is 13.0. The Bertz CT molecular complexity index is 1620. The molecule has 5 atom stereocenters. The van der Waals surface area contributed by atoms with Crippen molar-refractivity contribution in [2.75, 3.05) is 39.6 Å². The van der Waals surface area contributed by atoms with Gasteiger partial charge in [-0.25, -0.2) is 9.13 Å². The monoisotopic (exact) mass is 1230 g/mol. The normalized spacial score (nSPS) is 14.2. The number of phosphoric ester groups is 2. The molecular formula is C64H124O17P2. The predicted molar refractivity (Wildman–Crippen MR) is 331 cm³/mol. The molecule has 0 radical (unpaired) electrons. The molecule has 0 aromatic carbocycles. The molecule has 19 heteroatoms. The SMILES string of the molecule is CCCCCCCCCCCCCCCCCCC(=O)O[C@H](COC(=O)CCCCCCCCCCCCCCC(C)C)COP(=O)(O)OC[C@@H](O)COP(=O)(O)OC[C@@H](COC(=O)CCCCCCC)OC(=O)CCCCCCCCC. The number of hydrogen-bond acceptors (Lipinski definition) is 15. The summed E-state index contributed by atoms with van der Waals surface area (Å²) in [6, 6.07) is 0. The Hall–Kier alpha value is -1.94. The Kier molecular flexibility index (Phi) is 56.4. The Balaban J connectivity index is 5.14. The lowest BCUT2D eigenvalue weighted by atomic mass is 10.0. The van der Waals surface area contributed by atoms with Gasteiger partial charge in [0.25, 0.3) is 0 Å². The Morgan fingerprint density at radius 3 is 0.819 bits per heavy atom. The molecule has 0 rings (SSSR count). The summed E-state index contributed by atoms with van der Waals surface area (Å²) in [4.78, 5) is 71.8. The van der Waals surface area contributed by atoms with Crippen LogP contribution in [0, 0.1) is 5.92 Å². The summed E-state index contributed by atoms with van der Waals surface area (Å²) < 4.78 is 67.7. The number of esters is 4. The van der Waals surface area contributed by atoms with Gasteiger partial charge in [-0.2, -0.15) is 0 Å². The highest BCUT2D eigenvalue weighted by Crippen LogP contribution is 2.45. The first-order valence-corrected chi connectivity index (χ1v) is 36.6. The molecule has 0 bridgehead atoms. The Morgan fingerprint density at radius 1 is 0.325 bits per heavy atom. The standard InChI is InChI=1S/C64H124O17P2/c1-6-9-12-15-17-18-19-20-21-22-23-28-31-35-40-45-50-64(69)81-60(54-75-62(67)48-43-38-34-30-27-25-24-26-29-33-37-41-46-57(4)5)56-79-83(72,73)77-52-58(65)51-76-82(70,71)78-55-59(53-74-61(66)47-42-36-14-11-8-3)80-63(68)49-44-39-32-16-13-10-7-2/h57-60,65H,6-56H2,1-5H3,(H,70,71)(H,72,73)/t58-,59+,60+/m0/s1. The van der Waals surface area contributed by atoms with Gasteiger partial charge in [0, 0.05) is 25.7 Å². The minimum absolute atomic E-state index is 0.103. The fourth-order valence-corrected chi connectivity index (χ4v) is 11.2. The highest BCUT2D eigenvalue weighted by Gasteiger charge is 2.30. The number of ether oxygens (including phenoxy) is 4. The lowest BCUT2D eigenvalue weighted by Crippen LogP contribution is -2.30. The molecule has 2 unspecified atom stereocenters. The van der Waals surface area contributed by atoms with Gasteiger partial charge < -0.3 is 33.8 Å². The third kappa shape index (κ3) is 58.8. The quantitative estimate of drug-likeness (QED) is 0.0222. The molecule has 0 heterocycles. The van der Waals surface area contributed by atoms with Gasteiger partial charge in [-0.1, -0.05) is 272 Å². The van der Waals surface area contributed by atoms with E-state index in [9.17, 15) is 43.2 Å². The van der Waals surface area contributed by atoms with E-state index in [0.29, 0.717) is 25.7 Å². The summed E-state index contributed by atoms with van der Waals surface area (Å²) in [5, 5.41) is 10.5. The van der Waals surface area contributed by atoms with Gasteiger partial charge >= 0.3 is 39.5 Å². The smallest absolute Gasteiger partial charge is 0.462 e. The van der Waals surface area contributed by atoms with Crippen LogP contribution in [0.25, 0.3) is 0 Å². The molecule has 0 aliphatic rings. The molecule has 0 aliphatic carbocycles. The molecule has 83 heavy (non-hydrogen) atoms. The molecule has 3 N–H and O–H groups in total. The highest BCUT2D eigenvalue weighted by atomic mass is 31.2. The second kappa shape index (κ2) is 57.8. The van der Waals surface area contributed by atoms with Crippen LogP contribution in [0.15, 0.2) is 0 Å². The summed E-state index contributed by atoms with van der Waals surface area (Å²) in [7, 11) is -9.87. The zero-order valence-electron chi connectivity index (χ0n) is 53.3. The van der Waals surface area contributed by atoms with E-state index in [4.69, 9.17) is 37.0 Å². The van der Waals surface area contributed by atoms with Gasteiger partial charge in [-0.3, -0.25) is 37.3 Å². The summed E-state index contributed by atoms with van der Waals surface area (Å²) in [6.45, 7) is 7.08. The number of carbonyl (C=O) groups excluding carboxylic acids is 4. The summed E-state index contributed by atoms with van der Waals surface area (Å²) in [5.74, 6) is -1.36. The third-order valence-corrected chi connectivity index (χ3v) is 16.7. The van der Waals surface area contributed by atoms with Gasteiger partial charge in [0.15, 0.2) is 12.2 Å². The third-order valence-electron chi connectivity index (χ3n) is 14.8. The predicted octanol–water partition coefficient (Wildman–Crippen LogP) is 17.8. The molecule has 17 nitrogen and oxygen atoms in total. The van der Waals surface area contributed by atoms with E-state index in [0.717, 1.165) is 115 Å². The summed E-state index contributed by atoms with van der Waals surface area (Å²) in [5.41, 5.74) is 0. The minimum Gasteiger partial charge on any atom is -0.462 e. The van der Waals surface area contributed by atoms with E-state index in [1.807, 2.05) is 0 Å². The van der Waals surface area contributed by atoms with Crippen molar-refractivity contribution in [2.45, 2.75) is 342 Å². The van der Waals surface area contributed by atoms with Crippen molar-refractivity contribution >= 4 is 39.5 Å². The van der Waals surface area contributed by atoms with Crippen LogP contribution in [0.1, 0.15) is 324 Å². The number of carbonyl (C=O) groups is 4. The number of hydrogen-bond donors (Lipinski definition) is 3. The zero-order valence-corrected chi connectivity index (χ0v) is 55.1. The Morgan fingerprint density at radius 2 is 0.554 bits per heavy atom. The molecular weight excluding hydrogens is 1100 g/mol. The topological polar surface area (TPSA) is 237 Å². The van der Waals surface area contributed by atoms with Crippen LogP contribution < -0.4 is 0 Å². The van der Waals surface area contributed by atoms with Crippen molar-refractivity contribution in [3.8, 4) is 0 Å². The molecule has 0 aliphatic heterocycles. The zero-order chi connectivity index (χ0) is 61.3. The fraction of sp³-hybridized carbons (Fsp3) is 0.938. The Labute approximate surface area is 505 Å². The van der Waals surface area contributed by atoms with Crippen LogP contribution in [-0.4, -0.2) is 96.7 Å². The van der Waals surface area contributed by atoms with Crippen molar-refractivity contribution in [3.05, 3.63) is 0 Å². The van der Waals surface area contributed by atoms with Crippen molar-refractivity contribution in [2.24, 2.45) is 5.92 Å². The first-order valence-electron chi connectivity index (χ1n) is 33.6. The number of aliphatic hydroxyl groups is 1. The highest BCUT2D eigenvalue weighted by molar-refractivity contribution is 7.47. The second-order valence-electron chi connectivity index (χ2n) is 23.6. The first kappa shape index (κ1) is 81.1. The van der Waals surface area contributed by atoms with E-state index in [2.05, 4.69) is 34.6 Å². The van der Waals surface area contributed by atoms with Crippen molar-refractivity contribution in [3.63, 3.8) is 0 Å². The average Bonchev–Trinajstić information content (AvgIpc) is 3.49. The van der Waals surface area contributed by atoms with Crippen LogP contribution in [0.2, 0.25) is 0 Å². The van der Waals surface area contributed by atoms with Crippen LogP contribution in [-0.2, 0) is 65.4 Å². The molecule has 0 spiro atoms. The second-order valence-corrected chi connectivity index (χ2v) is 26.5. The van der Waals surface area contributed by atoms with E-state index >= 15 is 0 Å². The number of phosphoric acid groups is 2. The molecule has 0 fully saturated rings. The molecule has 0 saturated carbocycles. The molecule has 492 valence electrons. The molecule has 0 aromatic heterocycles. The van der Waals surface area contributed by atoms with Crippen LogP contribution in [0.4, 0.5) is 0 Å². The minimum atomic E-state index is -4.94. The van der Waals surface area contributed by atoms with Gasteiger partial charge in [0.2, 0.25) is 0 Å². The maximum atomic E-state index is 13.0. The van der Waals surface area contributed by atoms with E-state index in [-0.39, 0.29) is 25.7 Å². The van der Waals surface area contributed by atoms with Gasteiger partial charge in [0.05, 0.1) is 26.4 Å². The lowest BCUT2D eigenvalue weighted by molar-refractivity contribution is -0.161. The first-order chi connectivity index (χ1) is 40.0. The van der Waals surface area contributed by atoms with Gasteiger partial charge in [-0.15, -0.1) is 0 Å². The van der Waals surface area contributed by atoms with Crippen molar-refractivity contribution in [1.29, 1.82) is 0 Å². The number of unbranched alkanes of at least 4 members (excludes halogenated alkanes) is 36. The van der Waals surface area contributed by atoms with Crippen LogP contribution in [0.3, 0.4) is 0 Å². The largest absolute Gasteiger partial charge is 0.472 e. The molecule has 0 aromatic rings. The molecule has 0 saturated heterocycles. The van der Waals surface area contributed by atoms with Gasteiger partial charge in [0.1, 0.15) is 19.3 Å². The van der Waals surface area contributed by atoms with E-state index < -0.39 is 97.5 Å². The van der Waals surface area contributed by atoms with Crippen LogP contribution >= 0.6 is 15.6 Å². The van der Waals surface area contributed by atoms with Crippen molar-refractivity contribution in [1.82, 2.24) is 0 Å². The molecule has 0 amide bonds.